The minimum Gasteiger partial charge on any atom is -0.485 e. The van der Waals surface area contributed by atoms with E-state index in [4.69, 9.17) is 26.8 Å². The van der Waals surface area contributed by atoms with Crippen molar-refractivity contribution in [2.75, 3.05) is 6.61 Å². The topological polar surface area (TPSA) is 53.2 Å². The molecule has 1 aliphatic rings. The molecule has 2 heterocycles. The number of benzene rings is 2. The highest BCUT2D eigenvalue weighted by molar-refractivity contribution is 7.71. The van der Waals surface area contributed by atoms with Crippen molar-refractivity contribution in [2.24, 2.45) is 12.5 Å². The highest BCUT2D eigenvalue weighted by atomic mass is 32.1. The van der Waals surface area contributed by atoms with E-state index >= 15 is 0 Å². The molecule has 0 saturated heterocycles. The predicted molar refractivity (Wildman–Crippen MR) is 119 cm³/mol. The molecule has 1 N–H and O–H groups in total. The molecule has 2 aromatic carbocycles. The Bertz CT molecular complexity index is 1120. The smallest absolute Gasteiger partial charge is 0.198 e. The number of rotatable bonds is 5. The van der Waals surface area contributed by atoms with Crippen LogP contribution < -0.4 is 14.8 Å². The molecule has 2 unspecified atom stereocenters. The van der Waals surface area contributed by atoms with Crippen molar-refractivity contribution in [2.45, 2.75) is 39.6 Å². The largest absolute Gasteiger partial charge is 0.485 e. The molecule has 8 heteroatoms. The first-order valence-electron chi connectivity index (χ1n) is 10.2. The number of fused-ring (bicyclic) bond motifs is 1. The van der Waals surface area contributed by atoms with Crippen molar-refractivity contribution in [1.82, 2.24) is 19.7 Å². The van der Waals surface area contributed by atoms with E-state index in [0.717, 1.165) is 11.3 Å². The molecule has 0 amide bonds. The van der Waals surface area contributed by atoms with Crippen LogP contribution in [-0.2, 0) is 13.7 Å². The quantitative estimate of drug-likeness (QED) is 0.568. The number of nitrogens with zero attached hydrogens (tertiary/aromatic N) is 3. The minimum atomic E-state index is -0.349. The molecule has 164 valence electrons. The lowest BCUT2D eigenvalue weighted by molar-refractivity contribution is 0.0824. The van der Waals surface area contributed by atoms with Crippen molar-refractivity contribution < 1.29 is 13.9 Å². The van der Waals surface area contributed by atoms with Crippen molar-refractivity contribution in [1.29, 1.82) is 0 Å². The summed E-state index contributed by atoms with van der Waals surface area (Å²) in [6.07, 6.45) is -0.349. The van der Waals surface area contributed by atoms with E-state index in [2.05, 4.69) is 26.1 Å². The number of para-hydroxylation sites is 2. The first-order chi connectivity index (χ1) is 14.7. The Balaban J connectivity index is 1.54. The van der Waals surface area contributed by atoms with Crippen molar-refractivity contribution >= 4 is 12.2 Å². The van der Waals surface area contributed by atoms with Crippen LogP contribution in [0.3, 0.4) is 0 Å². The minimum absolute atomic E-state index is 0.0124. The summed E-state index contributed by atoms with van der Waals surface area (Å²) in [5.74, 6) is 1.88. The van der Waals surface area contributed by atoms with Gasteiger partial charge in [-0.1, -0.05) is 45.0 Å². The Labute approximate surface area is 186 Å². The molecule has 3 aromatic rings. The maximum atomic E-state index is 13.4. The lowest BCUT2D eigenvalue weighted by atomic mass is 9.82. The van der Waals surface area contributed by atoms with Gasteiger partial charge in [0.05, 0.1) is 6.67 Å². The van der Waals surface area contributed by atoms with Crippen LogP contribution in [0.25, 0.3) is 0 Å². The Morgan fingerprint density at radius 1 is 1.16 bits per heavy atom. The van der Waals surface area contributed by atoms with Gasteiger partial charge >= 0.3 is 0 Å². The number of ether oxygens (including phenoxy) is 2. The van der Waals surface area contributed by atoms with E-state index in [1.165, 1.54) is 12.1 Å². The van der Waals surface area contributed by atoms with E-state index in [9.17, 15) is 4.39 Å². The number of halogens is 1. The average Bonchev–Trinajstić information content (AvgIpc) is 3.02. The third-order valence-corrected chi connectivity index (χ3v) is 5.87. The summed E-state index contributed by atoms with van der Waals surface area (Å²) in [5.41, 5.74) is 0.916. The van der Waals surface area contributed by atoms with E-state index in [0.29, 0.717) is 29.6 Å². The van der Waals surface area contributed by atoms with Crippen molar-refractivity contribution in [3.63, 3.8) is 0 Å². The van der Waals surface area contributed by atoms with Crippen LogP contribution in [0.1, 0.15) is 44.3 Å². The van der Waals surface area contributed by atoms with E-state index in [1.807, 2.05) is 48.0 Å². The van der Waals surface area contributed by atoms with E-state index in [-0.39, 0.29) is 23.4 Å². The number of nitrogens with one attached hydrogen (secondary N) is 1. The molecule has 1 aromatic heterocycles. The molecule has 2 atom stereocenters. The molecule has 31 heavy (non-hydrogen) atoms. The second-order valence-corrected chi connectivity index (χ2v) is 9.14. The lowest BCUT2D eigenvalue weighted by Crippen LogP contribution is -2.34. The predicted octanol–water partition coefficient (Wildman–Crippen LogP) is 4.94. The van der Waals surface area contributed by atoms with Crippen LogP contribution >= 0.6 is 12.2 Å². The molecule has 0 radical (unpaired) electrons. The fourth-order valence-electron chi connectivity index (χ4n) is 3.79. The van der Waals surface area contributed by atoms with Gasteiger partial charge in [0.25, 0.3) is 0 Å². The highest BCUT2D eigenvalue weighted by Crippen LogP contribution is 2.36. The molecule has 4 rings (SSSR count). The summed E-state index contributed by atoms with van der Waals surface area (Å²) in [4.78, 5) is 0. The van der Waals surface area contributed by atoms with Crippen LogP contribution in [0.15, 0.2) is 48.5 Å². The summed E-state index contributed by atoms with van der Waals surface area (Å²) in [5, 5.41) is 8.25. The zero-order valence-corrected chi connectivity index (χ0v) is 18.9. The number of aromatic nitrogens is 3. The van der Waals surface area contributed by atoms with Gasteiger partial charge in [-0.25, -0.2) is 9.07 Å². The third-order valence-electron chi connectivity index (χ3n) is 5.39. The zero-order valence-electron chi connectivity index (χ0n) is 18.1. The van der Waals surface area contributed by atoms with Gasteiger partial charge in [-0.15, -0.1) is 0 Å². The molecule has 0 spiro atoms. The molecule has 6 nitrogen and oxygen atoms in total. The maximum Gasteiger partial charge on any atom is 0.198 e. The molecule has 0 saturated carbocycles. The molecular formula is C23H27FN4O2S. The van der Waals surface area contributed by atoms with Crippen LogP contribution in [-0.4, -0.2) is 21.0 Å². The second-order valence-electron chi connectivity index (χ2n) is 8.78. The van der Waals surface area contributed by atoms with Gasteiger partial charge in [0.1, 0.15) is 12.4 Å². The number of hydrogen-bond donors (Lipinski definition) is 1. The summed E-state index contributed by atoms with van der Waals surface area (Å²) in [6.45, 7) is 7.20. The van der Waals surface area contributed by atoms with Crippen LogP contribution in [0.4, 0.5) is 4.39 Å². The van der Waals surface area contributed by atoms with E-state index in [1.54, 1.807) is 4.68 Å². The normalized spacial score (nSPS) is 16.9. The van der Waals surface area contributed by atoms with Gasteiger partial charge in [-0.2, -0.15) is 5.10 Å². The molecule has 1 aliphatic heterocycles. The Morgan fingerprint density at radius 2 is 1.84 bits per heavy atom. The summed E-state index contributed by atoms with van der Waals surface area (Å²) in [7, 11) is 1.88. The lowest BCUT2D eigenvalue weighted by Gasteiger charge is -2.32. The van der Waals surface area contributed by atoms with Crippen molar-refractivity contribution in [3.8, 4) is 11.5 Å². The maximum absolute atomic E-state index is 13.4. The fraction of sp³-hybridized carbons (Fsp3) is 0.391. The van der Waals surface area contributed by atoms with Gasteiger partial charge in [0.2, 0.25) is 0 Å². The van der Waals surface area contributed by atoms with Gasteiger partial charge < -0.3 is 14.0 Å². The Hall–Kier alpha value is -2.71. The Morgan fingerprint density at radius 3 is 2.52 bits per heavy atom. The zero-order chi connectivity index (χ0) is 22.2. The first kappa shape index (κ1) is 21.5. The monoisotopic (exact) mass is 442 g/mol. The van der Waals surface area contributed by atoms with Gasteiger partial charge in [0.15, 0.2) is 28.2 Å². The second kappa shape index (κ2) is 8.43. The summed E-state index contributed by atoms with van der Waals surface area (Å²) < 4.78 is 29.5. The molecule has 0 fully saturated rings. The van der Waals surface area contributed by atoms with Crippen molar-refractivity contribution in [3.05, 3.63) is 70.5 Å². The fourth-order valence-corrected chi connectivity index (χ4v) is 3.99. The SMILES string of the molecule is Cn1c(C2COc3ccccc3O2)nn(CNC(c2ccc(F)cc2)C(C)(C)C)c1=S. The Kier molecular flexibility index (Phi) is 5.85. The third kappa shape index (κ3) is 4.50. The summed E-state index contributed by atoms with van der Waals surface area (Å²) >= 11 is 5.62. The van der Waals surface area contributed by atoms with Crippen LogP contribution in [0.5, 0.6) is 11.5 Å². The van der Waals surface area contributed by atoms with E-state index < -0.39 is 0 Å². The van der Waals surface area contributed by atoms with Crippen LogP contribution in [0, 0.1) is 16.0 Å². The summed E-state index contributed by atoms with van der Waals surface area (Å²) in [6, 6.07) is 14.2. The molecule has 0 bridgehead atoms. The van der Waals surface area contributed by atoms with Gasteiger partial charge in [-0.05, 0) is 47.5 Å². The highest BCUT2D eigenvalue weighted by Gasteiger charge is 2.29. The van der Waals surface area contributed by atoms with Gasteiger partial charge in [-0.3, -0.25) is 5.32 Å². The molecule has 0 aliphatic carbocycles. The number of hydrogen-bond acceptors (Lipinski definition) is 5. The first-order valence-corrected chi connectivity index (χ1v) is 10.7. The van der Waals surface area contributed by atoms with Crippen LogP contribution in [0.2, 0.25) is 0 Å². The standard InChI is InChI=1S/C23H27FN4O2S/c1-23(2,3)20(15-9-11-16(24)12-10-15)25-14-28-22(31)27(4)21(26-28)19-13-29-17-7-5-6-8-18(17)30-19/h5-12,19-20,25H,13-14H2,1-4H3. The van der Waals surface area contributed by atoms with Gasteiger partial charge in [0, 0.05) is 13.1 Å². The average molecular weight is 443 g/mol. The molecular weight excluding hydrogens is 415 g/mol.